The van der Waals surface area contributed by atoms with Gasteiger partial charge in [-0.1, -0.05) is 0 Å². The summed E-state index contributed by atoms with van der Waals surface area (Å²) in [5.74, 6) is 1.58. The summed E-state index contributed by atoms with van der Waals surface area (Å²) in [4.78, 5) is 4.82. The van der Waals surface area contributed by atoms with Crippen molar-refractivity contribution in [2.24, 2.45) is 5.92 Å². The molecule has 38 heavy (non-hydrogen) atoms. The SMILES string of the molecule is Cl.Cl.[CH2]=[Ti]([O]c1cccc(-c2ccccc2)c1)[C]1=C(CCCC)C(CCCC)=C(CCCC)C1CCCC. The van der Waals surface area contributed by atoms with Gasteiger partial charge in [0.2, 0.25) is 0 Å². The van der Waals surface area contributed by atoms with Crippen LogP contribution < -0.4 is 3.32 Å². The van der Waals surface area contributed by atoms with Crippen molar-refractivity contribution in [2.45, 2.75) is 105 Å². The van der Waals surface area contributed by atoms with Crippen LogP contribution >= 0.6 is 24.8 Å². The minimum absolute atomic E-state index is 0. The van der Waals surface area contributed by atoms with E-state index in [1.54, 1.807) is 20.6 Å². The van der Waals surface area contributed by atoms with Crippen LogP contribution in [0.25, 0.3) is 11.1 Å². The summed E-state index contributed by atoms with van der Waals surface area (Å²) in [7, 11) is 0. The second-order valence-corrected chi connectivity index (χ2v) is 12.8. The Bertz CT molecular complexity index is 1040. The van der Waals surface area contributed by atoms with E-state index >= 15 is 0 Å². The van der Waals surface area contributed by atoms with E-state index in [2.05, 4.69) is 82.3 Å². The molecule has 4 heteroatoms. The zero-order valence-corrected chi connectivity index (χ0v) is 27.4. The van der Waals surface area contributed by atoms with Gasteiger partial charge in [0, 0.05) is 0 Å². The van der Waals surface area contributed by atoms with E-state index in [4.69, 9.17) is 8.14 Å². The molecule has 1 aliphatic carbocycles. The van der Waals surface area contributed by atoms with E-state index in [0.717, 1.165) is 5.75 Å². The Hall–Kier alpha value is -1.12. The van der Waals surface area contributed by atoms with Crippen molar-refractivity contribution in [3.8, 4) is 16.9 Å². The molecule has 2 aromatic carbocycles. The van der Waals surface area contributed by atoms with E-state index < -0.39 is 17.8 Å². The summed E-state index contributed by atoms with van der Waals surface area (Å²) in [6, 6.07) is 19.3. The zero-order valence-electron chi connectivity index (χ0n) is 24.2. The third-order valence-electron chi connectivity index (χ3n) is 7.54. The minimum atomic E-state index is -2.19. The van der Waals surface area contributed by atoms with E-state index in [-0.39, 0.29) is 24.8 Å². The number of unbranched alkanes of at least 4 members (excludes halogenated alkanes) is 4. The summed E-state index contributed by atoms with van der Waals surface area (Å²) >= 11 is -2.19. The van der Waals surface area contributed by atoms with E-state index in [1.165, 1.54) is 88.2 Å². The first-order valence-electron chi connectivity index (χ1n) is 14.6. The quantitative estimate of drug-likeness (QED) is 0.176. The van der Waals surface area contributed by atoms with Crippen LogP contribution in [-0.2, 0) is 17.8 Å². The first-order valence-corrected chi connectivity index (χ1v) is 17.1. The normalized spacial score (nSPS) is 14.8. The molecule has 0 saturated carbocycles. The van der Waals surface area contributed by atoms with Crippen molar-refractivity contribution >= 4 is 29.6 Å². The Kier molecular flexibility index (Phi) is 17.5. The van der Waals surface area contributed by atoms with Crippen molar-refractivity contribution in [2.75, 3.05) is 0 Å². The van der Waals surface area contributed by atoms with Gasteiger partial charge in [-0.2, -0.15) is 0 Å². The molecule has 0 N–H and O–H groups in total. The van der Waals surface area contributed by atoms with Gasteiger partial charge in [-0.05, 0) is 0 Å². The fourth-order valence-electron chi connectivity index (χ4n) is 5.60. The van der Waals surface area contributed by atoms with Gasteiger partial charge in [0.05, 0.1) is 0 Å². The van der Waals surface area contributed by atoms with E-state index in [9.17, 15) is 0 Å². The topological polar surface area (TPSA) is 9.23 Å². The third kappa shape index (κ3) is 9.51. The molecular weight excluding hydrogens is 543 g/mol. The van der Waals surface area contributed by atoms with Gasteiger partial charge >= 0.3 is 229 Å². The van der Waals surface area contributed by atoms with Crippen molar-refractivity contribution in [3.05, 3.63) is 75.2 Å². The van der Waals surface area contributed by atoms with Gasteiger partial charge in [-0.3, -0.25) is 0 Å². The first-order chi connectivity index (χ1) is 17.6. The van der Waals surface area contributed by atoms with Gasteiger partial charge in [-0.25, -0.2) is 0 Å². The number of allylic oxidation sites excluding steroid dienone is 4. The van der Waals surface area contributed by atoms with Gasteiger partial charge in [-0.15, -0.1) is 24.8 Å². The van der Waals surface area contributed by atoms with Crippen LogP contribution in [0.5, 0.6) is 5.75 Å². The maximum atomic E-state index is 6.86. The Morgan fingerprint density at radius 3 is 1.89 bits per heavy atom. The van der Waals surface area contributed by atoms with Crippen LogP contribution in [0.3, 0.4) is 0 Å². The summed E-state index contributed by atoms with van der Waals surface area (Å²) in [6.45, 7) is 9.31. The van der Waals surface area contributed by atoms with Crippen molar-refractivity contribution < 1.29 is 21.1 Å². The van der Waals surface area contributed by atoms with Crippen LogP contribution in [0.15, 0.2) is 75.2 Å². The molecule has 0 aromatic heterocycles. The molecule has 1 aliphatic rings. The Morgan fingerprint density at radius 2 is 1.26 bits per heavy atom. The molecule has 0 radical (unpaired) electrons. The number of halogens is 2. The van der Waals surface area contributed by atoms with Gasteiger partial charge in [0.15, 0.2) is 0 Å². The molecule has 1 atom stereocenters. The number of hydrogen-bond donors (Lipinski definition) is 0. The van der Waals surface area contributed by atoms with Crippen LogP contribution in [0.1, 0.15) is 105 Å². The van der Waals surface area contributed by atoms with Crippen molar-refractivity contribution in [3.63, 3.8) is 0 Å². The molecule has 0 heterocycles. The molecule has 2 aromatic rings. The maximum absolute atomic E-state index is 6.86. The fraction of sp³-hybridized carbons (Fsp3) is 0.500. The van der Waals surface area contributed by atoms with E-state index in [1.807, 2.05) is 0 Å². The molecule has 210 valence electrons. The monoisotopic (exact) mass is 592 g/mol. The van der Waals surface area contributed by atoms with Crippen molar-refractivity contribution in [1.29, 1.82) is 0 Å². The molecule has 0 fully saturated rings. The average molecular weight is 594 g/mol. The zero-order chi connectivity index (χ0) is 25.8. The summed E-state index contributed by atoms with van der Waals surface area (Å²) in [6.07, 6.45) is 15.2. The predicted molar refractivity (Wildman–Crippen MR) is 170 cm³/mol. The van der Waals surface area contributed by atoms with Gasteiger partial charge < -0.3 is 0 Å². The van der Waals surface area contributed by atoms with Crippen LogP contribution in [0.4, 0.5) is 0 Å². The van der Waals surface area contributed by atoms with Gasteiger partial charge in [0.25, 0.3) is 0 Å². The van der Waals surface area contributed by atoms with Crippen LogP contribution in [-0.4, -0.2) is 4.82 Å². The predicted octanol–water partition coefficient (Wildman–Crippen LogP) is 11.5. The molecular formula is C34H50Cl2OTi. The molecule has 0 bridgehead atoms. The number of rotatable bonds is 16. The molecule has 0 saturated heterocycles. The number of benzene rings is 2. The second kappa shape index (κ2) is 19.0. The first kappa shape index (κ1) is 34.9. The van der Waals surface area contributed by atoms with E-state index in [0.29, 0.717) is 5.92 Å². The molecule has 0 aliphatic heterocycles. The summed E-state index contributed by atoms with van der Waals surface area (Å²) in [5, 5.41) is 0. The standard InChI is InChI=1S/C21H37.C12H10O.CH2.2ClH.Ti/c1-5-9-13-18-17-19(14-10-6-2)21(16-12-8-4)20(18)15-11-7-3;13-12-8-4-7-11(9-12)10-5-2-1-3-6-10;;;;/h18H,5-16H2,1-4H3;1-9,13H;1H2;2*1H;/q;;;;;+1/p-1. The average Bonchev–Trinajstić information content (AvgIpc) is 3.20. The Morgan fingerprint density at radius 1 is 0.684 bits per heavy atom. The van der Waals surface area contributed by atoms with Crippen LogP contribution in [0.2, 0.25) is 0 Å². The molecule has 0 amide bonds. The molecule has 1 unspecified atom stereocenters. The summed E-state index contributed by atoms with van der Waals surface area (Å²) < 4.78 is 8.52. The molecule has 0 spiro atoms. The Labute approximate surface area is 252 Å². The van der Waals surface area contributed by atoms with Gasteiger partial charge in [0.1, 0.15) is 0 Å². The molecule has 1 nitrogen and oxygen atoms in total. The fourth-order valence-corrected chi connectivity index (χ4v) is 8.48. The Balaban J connectivity index is 0.00000361. The molecule has 3 rings (SSSR count). The number of hydrogen-bond acceptors (Lipinski definition) is 1. The van der Waals surface area contributed by atoms with Crippen LogP contribution in [0, 0.1) is 5.92 Å². The van der Waals surface area contributed by atoms with Crippen molar-refractivity contribution in [1.82, 2.24) is 0 Å². The summed E-state index contributed by atoms with van der Waals surface area (Å²) in [5.41, 5.74) is 7.64. The second-order valence-electron chi connectivity index (χ2n) is 10.3. The third-order valence-corrected chi connectivity index (χ3v) is 10.2.